The minimum absolute atomic E-state index is 0. The topological polar surface area (TPSA) is 677 Å². The number of carbonyl (C=O) groups excluding carboxylic acids is 5. The van der Waals surface area contributed by atoms with E-state index < -0.39 is 101 Å². The Morgan fingerprint density at radius 3 is 1.40 bits per heavy atom. The number of hydrogen-bond donors (Lipinski definition) is 6. The number of aromatic nitrogens is 17. The summed E-state index contributed by atoms with van der Waals surface area (Å²) in [5.74, 6) is -3.77. The molecule has 14 rings (SSSR count). The van der Waals surface area contributed by atoms with Crippen molar-refractivity contribution in [2.75, 3.05) is 17.2 Å². The fourth-order valence-electron chi connectivity index (χ4n) is 11.2. The summed E-state index contributed by atoms with van der Waals surface area (Å²) in [4.78, 5) is 76.9. The Balaban J connectivity index is 0.000000295. The molecular formula is C71H61N27Na6O19S7. The van der Waals surface area contributed by atoms with Gasteiger partial charge in [-0.1, -0.05) is 84.1 Å². The van der Waals surface area contributed by atoms with Crippen LogP contribution in [0.2, 0.25) is 0 Å². The third-order valence-electron chi connectivity index (χ3n) is 17.3. The zero-order chi connectivity index (χ0) is 90.0. The minimum atomic E-state index is -5.17. The Labute approximate surface area is 882 Å². The third-order valence-corrected chi connectivity index (χ3v) is 22.7. The van der Waals surface area contributed by atoms with E-state index in [0.29, 0.717) is 142 Å². The van der Waals surface area contributed by atoms with Crippen LogP contribution < -0.4 is 204 Å². The number of rotatable bonds is 24. The van der Waals surface area contributed by atoms with Gasteiger partial charge in [0.15, 0.2) is 39.5 Å². The van der Waals surface area contributed by atoms with Crippen LogP contribution in [0.3, 0.4) is 0 Å². The second-order valence-electron chi connectivity index (χ2n) is 28.6. The van der Waals surface area contributed by atoms with Crippen molar-refractivity contribution in [2.45, 2.75) is 118 Å². The Kier molecular flexibility index (Phi) is 38.8. The molecule has 130 heavy (non-hydrogen) atoms. The van der Waals surface area contributed by atoms with Crippen molar-refractivity contribution < 1.29 is 263 Å². The number of aliphatic carboxylic acids is 1. The number of hydrogen-bond acceptors (Lipinski definition) is 39. The van der Waals surface area contributed by atoms with Gasteiger partial charge in [0.1, 0.15) is 51.3 Å². The van der Waals surface area contributed by atoms with E-state index >= 15 is 0 Å². The van der Waals surface area contributed by atoms with E-state index in [0.717, 1.165) is 28.8 Å². The van der Waals surface area contributed by atoms with Crippen LogP contribution in [0.15, 0.2) is 159 Å². The number of aromatic carboxylic acids is 1. The van der Waals surface area contributed by atoms with Gasteiger partial charge >= 0.3 is 177 Å². The maximum atomic E-state index is 12.8. The molecule has 1 unspecified atom stereocenters. The van der Waals surface area contributed by atoms with E-state index in [9.17, 15) is 86.1 Å². The van der Waals surface area contributed by atoms with Gasteiger partial charge in [0.25, 0.3) is 16.9 Å². The molecule has 3 amide bonds. The number of H-pyrrole nitrogens is 3. The third kappa shape index (κ3) is 27.5. The Morgan fingerprint density at radius 2 is 0.977 bits per heavy atom. The second kappa shape index (κ2) is 45.5. The molecule has 0 fully saturated rings. The first kappa shape index (κ1) is 111. The van der Waals surface area contributed by atoms with E-state index in [1.54, 1.807) is 70.2 Å². The summed E-state index contributed by atoms with van der Waals surface area (Å²) in [6, 6.07) is 22.1. The molecule has 14 aromatic rings. The normalized spacial score (nSPS) is 12.0. The number of carboxylic acid groups (broad SMARTS) is 2. The summed E-state index contributed by atoms with van der Waals surface area (Å²) in [5.41, 5.74) is 4.87. The average Bonchev–Trinajstić information content (AvgIpc) is 1.62. The number of amides is 3. The quantitative estimate of drug-likeness (QED) is 0.0142. The summed E-state index contributed by atoms with van der Waals surface area (Å²) >= 11 is 3.41. The SMILES string of the molecule is Cc1nnc(N=Nc2c(-c3ccccc3C(=O)[O-])[nH]n3nc(C(C)CNC(=O)CCC(=O)[O-])nc23)s1.Cc1nsc(N=Nc2c(C(C)(C)C)[nH]n3nc(-c4ccc(NC(=O)c5cc(S(=O)(=O)[O-])cc(S(=O)(=O)[O-])c5)cc4)nc23)n1.[C-]#[N+]c1c(C)nsc1N=Nc1c(C(C)(C)C)[nH]n2nc(-c3ccc(NC(=O)c4cc(S(=O)(=O)[O-])cc(S(=O)(=O)[O-])c4)cc3)nc12.[Na+].[Na+].[Na+].[Na+].[Na+].[Na+]. The minimum Gasteiger partial charge on any atom is -0.744 e. The van der Waals surface area contributed by atoms with Crippen LogP contribution >= 0.6 is 34.4 Å². The molecule has 0 aliphatic heterocycles. The molecule has 9 heterocycles. The van der Waals surface area contributed by atoms with Crippen molar-refractivity contribution in [3.63, 3.8) is 0 Å². The van der Waals surface area contributed by atoms with Gasteiger partial charge in [-0.3, -0.25) is 29.7 Å². The van der Waals surface area contributed by atoms with Crippen molar-refractivity contribution >= 4 is 171 Å². The van der Waals surface area contributed by atoms with E-state index in [-0.39, 0.29) is 242 Å². The van der Waals surface area contributed by atoms with E-state index in [4.69, 9.17) is 6.57 Å². The van der Waals surface area contributed by atoms with Crippen molar-refractivity contribution in [3.8, 4) is 34.0 Å². The summed E-state index contributed by atoms with van der Waals surface area (Å²) in [6.45, 7) is 26.5. The molecule has 59 heteroatoms. The smallest absolute Gasteiger partial charge is 0.744 e. The van der Waals surface area contributed by atoms with Crippen LogP contribution in [0.1, 0.15) is 132 Å². The van der Waals surface area contributed by atoms with Crippen LogP contribution in [0.5, 0.6) is 0 Å². The fourth-order valence-corrected chi connectivity index (χ4v) is 15.2. The standard InChI is InChI=1S/C26H23N9O7S3.C24H23N9O7S3.C21H21N9O5S.6Na/c1-13-19(27-5)25(43-34-13)31-30-20-21(26(2,3)4)32-35-23(20)29-22(33-35)14-6-8-16(9-7-14)28-24(36)15-10-17(44(37,38)39)12-18(11-15)45(40,41)42;1-12-25-23(41-32-12)29-28-18-19(24(2,3)4)30-33-21(18)27-20(31-33)13-5-7-15(8-6-13)26-22(34)14-9-16(42(35,36)37)11-17(10-14)43(38,39)40;1-10(9-22-14(31)7-8-15(32)33)18-23-19-17(25-27-21-26-24-11(2)36-21)16(28-30(19)29-18)12-5-3-4-6-13(12)20(34)35;;;;;;/h6-12,32H,1-4H3,(H,28,36)(H,37,38,39)(H,40,41,42);5-11,30H,1-4H3,(H,26,34)(H,35,36,37)(H,38,39,40);3-6,10,28H,7-9H2,1-2H3,(H,22,31)(H,32,33)(H,34,35);;;;;;/q;;;6*+1/p-6. The van der Waals surface area contributed by atoms with Gasteiger partial charge in [-0.05, 0) is 124 Å². The van der Waals surface area contributed by atoms with Gasteiger partial charge in [-0.25, -0.2) is 62.8 Å². The zero-order valence-electron chi connectivity index (χ0n) is 71.6. The van der Waals surface area contributed by atoms with Crippen molar-refractivity contribution in [1.29, 1.82) is 0 Å². The van der Waals surface area contributed by atoms with Crippen molar-refractivity contribution in [1.82, 2.24) is 88.7 Å². The molecule has 5 aromatic carbocycles. The fraction of sp³-hybridized carbons (Fsp3) is 0.225. The maximum absolute atomic E-state index is 12.8. The molecule has 46 nitrogen and oxygen atoms in total. The molecule has 0 aliphatic carbocycles. The molecule has 0 bridgehead atoms. The number of azo groups is 3. The molecule has 0 radical (unpaired) electrons. The predicted octanol–water partition coefficient (Wildman–Crippen LogP) is -9.09. The largest absolute Gasteiger partial charge is 1.00 e. The van der Waals surface area contributed by atoms with Crippen LogP contribution in [-0.4, -0.2) is 171 Å². The van der Waals surface area contributed by atoms with Gasteiger partial charge in [-0.2, -0.15) is 18.3 Å². The molecule has 1 atom stereocenters. The number of aryl methyl sites for hydroxylation is 3. The molecule has 6 N–H and O–H groups in total. The van der Waals surface area contributed by atoms with Crippen molar-refractivity contribution in [3.05, 3.63) is 171 Å². The van der Waals surface area contributed by atoms with E-state index in [1.807, 2.05) is 41.5 Å². The number of benzene rings is 5. The Hall–Kier alpha value is -7.83. The number of aromatic amines is 3. The summed E-state index contributed by atoms with van der Waals surface area (Å²) < 4.78 is 150. The first-order valence-corrected chi connectivity index (χ1v) is 43.6. The van der Waals surface area contributed by atoms with E-state index in [1.165, 1.54) is 55.6 Å². The zero-order valence-corrected chi connectivity index (χ0v) is 89.3. The number of fused-ring (bicyclic) bond motifs is 3. The Morgan fingerprint density at radius 1 is 0.531 bits per heavy atom. The van der Waals surface area contributed by atoms with Crippen molar-refractivity contribution in [2.24, 2.45) is 30.7 Å². The van der Waals surface area contributed by atoms with Crippen LogP contribution in [0.4, 0.5) is 49.4 Å². The molecule has 642 valence electrons. The number of anilines is 2. The molecule has 0 spiro atoms. The first-order valence-electron chi connectivity index (χ1n) is 35.6. The molecular weight excluding hydrogens is 1900 g/mol. The monoisotopic (exact) mass is 1960 g/mol. The van der Waals surface area contributed by atoms with Crippen LogP contribution in [0.25, 0.3) is 55.8 Å². The summed E-state index contributed by atoms with van der Waals surface area (Å²) in [5, 5.41) is 87.8. The molecule has 0 saturated carbocycles. The van der Waals surface area contributed by atoms with Gasteiger partial charge in [0.05, 0.1) is 54.9 Å². The summed E-state index contributed by atoms with van der Waals surface area (Å²) in [7, 11) is -20.7. The Bertz CT molecular complexity index is 7140. The first-order chi connectivity index (χ1) is 58.2. The van der Waals surface area contributed by atoms with Gasteiger partial charge in [0.2, 0.25) is 33.7 Å². The number of carboxylic acids is 2. The molecule has 0 saturated heterocycles. The summed E-state index contributed by atoms with van der Waals surface area (Å²) in [6.07, 6.45) is -0.562. The molecule has 0 aliphatic rings. The molecule has 9 aromatic heterocycles. The van der Waals surface area contributed by atoms with Crippen LogP contribution in [-0.2, 0) is 60.9 Å². The maximum Gasteiger partial charge on any atom is 1.00 e. The van der Waals surface area contributed by atoms with E-state index in [2.05, 4.69) is 121 Å². The second-order valence-corrected chi connectivity index (χ2v) is 36.8. The number of nitrogens with one attached hydrogen (secondary N) is 6. The van der Waals surface area contributed by atoms with Gasteiger partial charge in [-0.15, -0.1) is 56.2 Å². The average molecular weight is 1960 g/mol. The number of nitrogens with zero attached hydrogens (tertiary/aromatic N) is 21. The number of carbonyl (C=O) groups is 5. The van der Waals surface area contributed by atoms with Gasteiger partial charge < -0.3 is 54.0 Å². The van der Waals surface area contributed by atoms with Crippen LogP contribution in [0, 0.1) is 27.3 Å². The predicted molar refractivity (Wildman–Crippen MR) is 431 cm³/mol. The van der Waals surface area contributed by atoms with Gasteiger partial charge in [0, 0.05) is 92.0 Å².